The van der Waals surface area contributed by atoms with Gasteiger partial charge in [-0.25, -0.2) is 13.9 Å². The summed E-state index contributed by atoms with van der Waals surface area (Å²) >= 11 is 6.04. The van der Waals surface area contributed by atoms with Crippen molar-refractivity contribution >= 4 is 27.3 Å². The molecule has 0 radical (unpaired) electrons. The number of ether oxygens (including phenoxy) is 1. The number of likely N-dealkylation sites (tertiary alicyclic amines) is 1. The van der Waals surface area contributed by atoms with Gasteiger partial charge in [-0.2, -0.15) is 0 Å². The lowest BCUT2D eigenvalue weighted by molar-refractivity contribution is -0.130. The second kappa shape index (κ2) is 9.92. The lowest BCUT2D eigenvalue weighted by Gasteiger charge is -2.40. The van der Waals surface area contributed by atoms with Crippen molar-refractivity contribution in [1.29, 1.82) is 0 Å². The maximum atomic E-state index is 13.6. The van der Waals surface area contributed by atoms with E-state index in [0.29, 0.717) is 36.2 Å². The number of benzene rings is 2. The minimum Gasteiger partial charge on any atom is -0.457 e. The fraction of sp³-hybridized carbons (Fsp3) is 0.348. The highest BCUT2D eigenvalue weighted by atomic mass is 35.5. The van der Waals surface area contributed by atoms with Gasteiger partial charge < -0.3 is 4.74 Å². The molecule has 1 amide bonds. The summed E-state index contributed by atoms with van der Waals surface area (Å²) in [5.74, 6) is 2.87. The third-order valence-corrected chi connectivity index (χ3v) is 8.77. The van der Waals surface area contributed by atoms with Gasteiger partial charge in [-0.15, -0.1) is 6.42 Å². The predicted octanol–water partition coefficient (Wildman–Crippen LogP) is 3.58. The molecule has 0 atom stereocenters. The number of carbonyl (C=O) groups is 1. The molecule has 2 aromatic rings. The van der Waals surface area contributed by atoms with E-state index < -0.39 is 20.5 Å². The van der Waals surface area contributed by atoms with Gasteiger partial charge in [0.2, 0.25) is 5.91 Å². The zero-order chi connectivity index (χ0) is 23.4. The third-order valence-electron chi connectivity index (χ3n) is 5.76. The molecule has 7 nitrogen and oxygen atoms in total. The van der Waals surface area contributed by atoms with Crippen molar-refractivity contribution in [2.45, 2.75) is 35.8 Å². The summed E-state index contributed by atoms with van der Waals surface area (Å²) < 4.78 is 31.7. The van der Waals surface area contributed by atoms with Crippen LogP contribution in [0.4, 0.5) is 0 Å². The summed E-state index contributed by atoms with van der Waals surface area (Å²) in [6.07, 6.45) is 5.49. The Hall–Kier alpha value is -2.57. The molecule has 0 aliphatic carbocycles. The lowest BCUT2D eigenvalue weighted by atomic mass is 9.92. The summed E-state index contributed by atoms with van der Waals surface area (Å²) in [5, 5.41) is 9.64. The molecule has 1 heterocycles. The molecule has 0 bridgehead atoms. The van der Waals surface area contributed by atoms with Crippen LogP contribution in [-0.4, -0.2) is 48.8 Å². The van der Waals surface area contributed by atoms with Crippen LogP contribution in [0.5, 0.6) is 11.5 Å². The Morgan fingerprint density at radius 2 is 1.84 bits per heavy atom. The van der Waals surface area contributed by atoms with Crippen LogP contribution >= 0.6 is 11.6 Å². The number of terminal acetylenes is 1. The van der Waals surface area contributed by atoms with E-state index in [4.69, 9.17) is 28.0 Å². The molecule has 1 saturated heterocycles. The first-order valence-corrected chi connectivity index (χ1v) is 11.9. The average molecular weight is 477 g/mol. The highest BCUT2D eigenvalue weighted by molar-refractivity contribution is 7.92. The van der Waals surface area contributed by atoms with Crippen molar-refractivity contribution in [2.75, 3.05) is 19.6 Å². The molecular weight excluding hydrogens is 452 g/mol. The molecular formula is C23H25ClN2O5S. The van der Waals surface area contributed by atoms with Crippen LogP contribution in [0.2, 0.25) is 5.02 Å². The monoisotopic (exact) mass is 476 g/mol. The molecule has 0 saturated carbocycles. The first-order valence-electron chi connectivity index (χ1n) is 10.1. The summed E-state index contributed by atoms with van der Waals surface area (Å²) in [6.45, 7) is 3.17. The second-order valence-corrected chi connectivity index (χ2v) is 10.6. The molecule has 9 heteroatoms. The fourth-order valence-corrected chi connectivity index (χ4v) is 6.03. The van der Waals surface area contributed by atoms with E-state index in [-0.39, 0.29) is 24.2 Å². The number of halogens is 1. The van der Waals surface area contributed by atoms with E-state index in [9.17, 15) is 13.2 Å². The average Bonchev–Trinajstić information content (AvgIpc) is 2.78. The second-order valence-electron chi connectivity index (χ2n) is 7.86. The van der Waals surface area contributed by atoms with Crippen molar-refractivity contribution in [1.82, 2.24) is 10.4 Å². The largest absolute Gasteiger partial charge is 0.457 e. The van der Waals surface area contributed by atoms with Gasteiger partial charge in [-0.1, -0.05) is 17.5 Å². The molecule has 1 aliphatic rings. The maximum Gasteiger partial charge on any atom is 0.244 e. The number of hydrogen-bond acceptors (Lipinski definition) is 6. The SMILES string of the molecule is C#CCN1CCC(CC(=O)NO)(S(=O)(=O)c2ccc(Oc3ccc(Cl)c(C)c3)cc2)CC1. The van der Waals surface area contributed by atoms with Crippen molar-refractivity contribution in [2.24, 2.45) is 0 Å². The Morgan fingerprint density at radius 1 is 1.22 bits per heavy atom. The van der Waals surface area contributed by atoms with E-state index in [2.05, 4.69) is 5.92 Å². The van der Waals surface area contributed by atoms with Gasteiger partial charge >= 0.3 is 0 Å². The topological polar surface area (TPSA) is 95.9 Å². The summed E-state index contributed by atoms with van der Waals surface area (Å²) in [6, 6.07) is 11.3. The molecule has 1 fully saturated rings. The number of piperidine rings is 1. The van der Waals surface area contributed by atoms with Crippen LogP contribution in [0.3, 0.4) is 0 Å². The van der Waals surface area contributed by atoms with E-state index in [0.717, 1.165) is 5.56 Å². The Labute approximate surface area is 193 Å². The number of nitrogens with one attached hydrogen (secondary N) is 1. The number of hydroxylamine groups is 1. The predicted molar refractivity (Wildman–Crippen MR) is 122 cm³/mol. The van der Waals surface area contributed by atoms with Crippen molar-refractivity contribution in [3.63, 3.8) is 0 Å². The molecule has 0 spiro atoms. The number of sulfone groups is 1. The number of carbonyl (C=O) groups excluding carboxylic acids is 1. The Kier molecular flexibility index (Phi) is 7.47. The smallest absolute Gasteiger partial charge is 0.244 e. The van der Waals surface area contributed by atoms with Gasteiger partial charge in [0.25, 0.3) is 0 Å². The molecule has 0 unspecified atom stereocenters. The van der Waals surface area contributed by atoms with Crippen LogP contribution in [0, 0.1) is 19.3 Å². The van der Waals surface area contributed by atoms with Gasteiger partial charge in [0.1, 0.15) is 11.5 Å². The number of nitrogens with zero attached hydrogens (tertiary/aromatic N) is 1. The molecule has 32 heavy (non-hydrogen) atoms. The zero-order valence-corrected chi connectivity index (χ0v) is 19.2. The highest BCUT2D eigenvalue weighted by Crippen LogP contribution is 2.39. The van der Waals surface area contributed by atoms with Crippen LogP contribution < -0.4 is 10.2 Å². The first kappa shape index (κ1) is 24.1. The van der Waals surface area contributed by atoms with Crippen LogP contribution in [0.25, 0.3) is 0 Å². The van der Waals surface area contributed by atoms with Crippen LogP contribution in [0.1, 0.15) is 24.8 Å². The molecule has 0 aromatic heterocycles. The van der Waals surface area contributed by atoms with Crippen molar-refractivity contribution < 1.29 is 23.2 Å². The summed E-state index contributed by atoms with van der Waals surface area (Å²) in [7, 11) is -3.89. The van der Waals surface area contributed by atoms with Gasteiger partial charge in [0.15, 0.2) is 9.84 Å². The van der Waals surface area contributed by atoms with Crippen molar-refractivity contribution in [3.05, 3.63) is 53.1 Å². The quantitative estimate of drug-likeness (QED) is 0.360. The van der Waals surface area contributed by atoms with Crippen molar-refractivity contribution in [3.8, 4) is 23.8 Å². The fourth-order valence-electron chi connectivity index (χ4n) is 3.87. The molecule has 170 valence electrons. The zero-order valence-electron chi connectivity index (χ0n) is 17.7. The maximum absolute atomic E-state index is 13.6. The number of rotatable bonds is 7. The molecule has 1 aliphatic heterocycles. The molecule has 3 rings (SSSR count). The van der Waals surface area contributed by atoms with Gasteiger partial charge in [-0.05, 0) is 67.8 Å². The van der Waals surface area contributed by atoms with E-state index in [1.54, 1.807) is 35.8 Å². The minimum absolute atomic E-state index is 0.0910. The standard InChI is InChI=1S/C23H25ClN2O5S/c1-3-12-26-13-10-23(11-14-26,16-22(27)25-28)32(29,30)20-7-4-18(5-8-20)31-19-6-9-21(24)17(2)15-19/h1,4-9,15,28H,10-14,16H2,2H3,(H,25,27). The Bertz CT molecular complexity index is 1120. The van der Waals surface area contributed by atoms with Gasteiger partial charge in [0, 0.05) is 24.5 Å². The number of aryl methyl sites for hydroxylation is 1. The number of hydrogen-bond donors (Lipinski definition) is 2. The van der Waals surface area contributed by atoms with Crippen LogP contribution in [-0.2, 0) is 14.6 Å². The van der Waals surface area contributed by atoms with E-state index in [1.807, 2.05) is 11.8 Å². The first-order chi connectivity index (χ1) is 15.2. The third kappa shape index (κ3) is 5.08. The van der Waals surface area contributed by atoms with E-state index >= 15 is 0 Å². The Morgan fingerprint density at radius 3 is 2.41 bits per heavy atom. The summed E-state index contributed by atoms with van der Waals surface area (Å²) in [4.78, 5) is 14.0. The van der Waals surface area contributed by atoms with E-state index in [1.165, 1.54) is 12.1 Å². The molecule has 2 N–H and O–H groups in total. The van der Waals surface area contributed by atoms with Gasteiger partial charge in [0.05, 0.1) is 16.2 Å². The normalized spacial score (nSPS) is 16.2. The Balaban J connectivity index is 1.85. The highest BCUT2D eigenvalue weighted by Gasteiger charge is 2.48. The van der Waals surface area contributed by atoms with Crippen LogP contribution in [0.15, 0.2) is 47.4 Å². The lowest BCUT2D eigenvalue weighted by Crippen LogP contribution is -2.51. The van der Waals surface area contributed by atoms with Gasteiger partial charge in [-0.3, -0.25) is 14.9 Å². The summed E-state index contributed by atoms with van der Waals surface area (Å²) in [5.41, 5.74) is 2.43. The minimum atomic E-state index is -3.89. The molecule has 2 aromatic carbocycles. The number of amides is 1.